The summed E-state index contributed by atoms with van der Waals surface area (Å²) in [5, 5.41) is 52.6. The third-order valence-electron chi connectivity index (χ3n) is 12.1. The van der Waals surface area contributed by atoms with E-state index in [4.69, 9.17) is 4.74 Å². The van der Waals surface area contributed by atoms with Crippen LogP contribution < -0.4 is 0 Å². The summed E-state index contributed by atoms with van der Waals surface area (Å²) in [7, 11) is 0. The predicted molar refractivity (Wildman–Crippen MR) is 138 cm³/mol. The Morgan fingerprint density at radius 3 is 2.32 bits per heavy atom. The largest absolute Gasteiger partial charge is 0.392 e. The molecule has 5 rings (SSSR count). The van der Waals surface area contributed by atoms with Gasteiger partial charge in [-0.2, -0.15) is 0 Å². The van der Waals surface area contributed by atoms with E-state index in [0.29, 0.717) is 31.3 Å². The van der Waals surface area contributed by atoms with Crippen LogP contribution in [0, 0.1) is 39.4 Å². The van der Waals surface area contributed by atoms with Gasteiger partial charge in [-0.1, -0.05) is 52.3 Å². The number of hydrogen-bond acceptors (Lipinski definition) is 7. The Labute approximate surface area is 220 Å². The summed E-state index contributed by atoms with van der Waals surface area (Å²) in [6, 6.07) is 0. The van der Waals surface area contributed by atoms with E-state index < -0.39 is 40.2 Å². The van der Waals surface area contributed by atoms with Crippen molar-refractivity contribution < 1.29 is 35.1 Å². The molecule has 0 radical (unpaired) electrons. The minimum absolute atomic E-state index is 0.0164. The van der Waals surface area contributed by atoms with Crippen molar-refractivity contribution in [2.24, 2.45) is 39.4 Å². The van der Waals surface area contributed by atoms with Gasteiger partial charge in [0.1, 0.15) is 5.78 Å². The molecule has 7 nitrogen and oxygen atoms in total. The Balaban J connectivity index is 1.57. The quantitative estimate of drug-likeness (QED) is 0.363. The van der Waals surface area contributed by atoms with E-state index in [1.54, 1.807) is 6.08 Å². The van der Waals surface area contributed by atoms with E-state index in [1.165, 1.54) is 0 Å². The Hall–Kier alpha value is -1.09. The summed E-state index contributed by atoms with van der Waals surface area (Å²) in [5.74, 6) is -0.156. The number of allylic oxidation sites excluding steroid dienone is 1. The molecule has 1 heterocycles. The minimum Gasteiger partial charge on any atom is -0.392 e. The molecule has 4 aliphatic carbocycles. The molecular formula is C30H46O7. The van der Waals surface area contributed by atoms with Gasteiger partial charge in [0.15, 0.2) is 0 Å². The minimum atomic E-state index is -1.08. The molecular weight excluding hydrogens is 472 g/mol. The maximum atomic E-state index is 14.3. The zero-order chi connectivity index (χ0) is 27.3. The monoisotopic (exact) mass is 518 g/mol. The van der Waals surface area contributed by atoms with E-state index >= 15 is 0 Å². The highest BCUT2D eigenvalue weighted by molar-refractivity contribution is 5.88. The van der Waals surface area contributed by atoms with Gasteiger partial charge in [0.25, 0.3) is 0 Å². The molecule has 2 unspecified atom stereocenters. The number of aliphatic hydroxyl groups is 5. The van der Waals surface area contributed by atoms with Gasteiger partial charge in [0.05, 0.1) is 43.2 Å². The summed E-state index contributed by atoms with van der Waals surface area (Å²) >= 11 is 0. The number of ether oxygens (including phenoxy) is 1. The van der Waals surface area contributed by atoms with Crippen molar-refractivity contribution >= 4 is 5.78 Å². The van der Waals surface area contributed by atoms with Gasteiger partial charge in [-0.05, 0) is 54.4 Å². The molecule has 11 atom stereocenters. The molecule has 37 heavy (non-hydrogen) atoms. The number of Topliss-reactive ketones (excluding diaryl/α,β-unsaturated/α-hetero) is 1. The summed E-state index contributed by atoms with van der Waals surface area (Å²) in [6.07, 6.45) is 4.04. The molecule has 1 saturated heterocycles. The Kier molecular flexibility index (Phi) is 6.28. The first-order valence-corrected chi connectivity index (χ1v) is 14.0. The van der Waals surface area contributed by atoms with E-state index in [9.17, 15) is 30.3 Å². The van der Waals surface area contributed by atoms with Gasteiger partial charge in [0, 0.05) is 29.6 Å². The van der Waals surface area contributed by atoms with Crippen LogP contribution in [0.15, 0.2) is 23.3 Å². The smallest absolute Gasteiger partial charge is 0.140 e. The number of aliphatic hydroxyl groups excluding tert-OH is 4. The lowest BCUT2D eigenvalue weighted by molar-refractivity contribution is -0.202. The average molecular weight is 519 g/mol. The summed E-state index contributed by atoms with van der Waals surface area (Å²) in [6.45, 7) is 11.8. The number of rotatable bonds is 3. The molecule has 5 N–H and O–H groups in total. The third-order valence-corrected chi connectivity index (χ3v) is 12.1. The molecule has 0 aromatic rings. The van der Waals surface area contributed by atoms with Crippen molar-refractivity contribution in [2.45, 2.75) is 104 Å². The zero-order valence-corrected chi connectivity index (χ0v) is 23.2. The van der Waals surface area contributed by atoms with Crippen LogP contribution in [0.2, 0.25) is 0 Å². The van der Waals surface area contributed by atoms with Crippen LogP contribution in [0.3, 0.4) is 0 Å². The number of hydrogen-bond donors (Lipinski definition) is 5. The van der Waals surface area contributed by atoms with Crippen molar-refractivity contribution in [1.82, 2.24) is 0 Å². The molecule has 0 aromatic carbocycles. The fraction of sp³-hybridized carbons (Fsp3) is 0.833. The maximum absolute atomic E-state index is 14.3. The average Bonchev–Trinajstić information content (AvgIpc) is 3.03. The summed E-state index contributed by atoms with van der Waals surface area (Å²) in [5.41, 5.74) is -1.56. The lowest BCUT2D eigenvalue weighted by atomic mass is 9.38. The van der Waals surface area contributed by atoms with Crippen LogP contribution in [-0.4, -0.2) is 74.5 Å². The molecule has 3 saturated carbocycles. The molecule has 0 bridgehead atoms. The fourth-order valence-corrected chi connectivity index (χ4v) is 10.1. The van der Waals surface area contributed by atoms with Gasteiger partial charge in [0.2, 0.25) is 0 Å². The second-order valence-electron chi connectivity index (χ2n) is 14.3. The van der Waals surface area contributed by atoms with Gasteiger partial charge < -0.3 is 30.3 Å². The van der Waals surface area contributed by atoms with Crippen LogP contribution in [0.25, 0.3) is 0 Å². The first kappa shape index (κ1) is 27.5. The highest BCUT2D eigenvalue weighted by Gasteiger charge is 2.75. The van der Waals surface area contributed by atoms with Gasteiger partial charge in [-0.25, -0.2) is 0 Å². The molecule has 0 aromatic heterocycles. The van der Waals surface area contributed by atoms with Crippen molar-refractivity contribution in [3.63, 3.8) is 0 Å². The number of carbonyl (C=O) groups excluding carboxylic acids is 1. The Morgan fingerprint density at radius 2 is 1.70 bits per heavy atom. The van der Waals surface area contributed by atoms with Crippen LogP contribution in [0.1, 0.15) is 73.6 Å². The van der Waals surface area contributed by atoms with E-state index in [2.05, 4.69) is 26.8 Å². The molecule has 0 spiro atoms. The van der Waals surface area contributed by atoms with Crippen molar-refractivity contribution in [1.29, 1.82) is 0 Å². The number of ketones is 1. The van der Waals surface area contributed by atoms with Crippen molar-refractivity contribution in [3.8, 4) is 0 Å². The van der Waals surface area contributed by atoms with Crippen LogP contribution in [-0.2, 0) is 9.53 Å². The fourth-order valence-electron chi connectivity index (χ4n) is 10.1. The lowest BCUT2D eigenvalue weighted by Crippen LogP contribution is -2.65. The van der Waals surface area contributed by atoms with Gasteiger partial charge in [-0.3, -0.25) is 4.79 Å². The van der Waals surface area contributed by atoms with Crippen LogP contribution >= 0.6 is 0 Å². The van der Waals surface area contributed by atoms with E-state index in [0.717, 1.165) is 12.0 Å². The SMILES string of the molecule is CC1(C)C2=CC[C@@H]3[C@](C)(C(=O)C[C@]4(C)C5[C@@H](C[C@@]34C)O[C@H](C=C(CO)CO)C[C@]5(C)O)[C@@H]2CC(O)[C@H]1O. The number of fused-ring (bicyclic) bond motifs is 7. The van der Waals surface area contributed by atoms with Gasteiger partial charge >= 0.3 is 0 Å². The highest BCUT2D eigenvalue weighted by atomic mass is 16.5. The second kappa shape index (κ2) is 8.45. The normalized spacial score (nSPS) is 52.4. The Morgan fingerprint density at radius 1 is 1.05 bits per heavy atom. The first-order valence-electron chi connectivity index (χ1n) is 14.0. The molecule has 0 amide bonds. The van der Waals surface area contributed by atoms with E-state index in [1.807, 2.05) is 20.8 Å². The lowest BCUT2D eigenvalue weighted by Gasteiger charge is -2.65. The van der Waals surface area contributed by atoms with E-state index in [-0.39, 0.29) is 48.3 Å². The Bertz CT molecular complexity index is 1020. The third kappa shape index (κ3) is 3.50. The topological polar surface area (TPSA) is 127 Å². The maximum Gasteiger partial charge on any atom is 0.140 e. The number of carbonyl (C=O) groups is 1. The highest BCUT2D eigenvalue weighted by Crippen LogP contribution is 2.75. The standard InChI is InChI=1S/C30H46O7/c1-26(2)18-7-8-22-27(3)12-21-24(29(5,36)11-17(37-21)9-16(14-31)15-32)28(27,4)13-23(34)30(22,6)19(18)10-20(33)25(26)35/h7,9,17,19-22,24-25,31-33,35-36H,8,10-15H2,1-6H3/t17-,19-,20?,21-,22+,24?,25-,27+,28-,29+,30-/m1/s1. The molecule has 7 heteroatoms. The van der Waals surface area contributed by atoms with Crippen LogP contribution in [0.4, 0.5) is 0 Å². The van der Waals surface area contributed by atoms with Crippen LogP contribution in [0.5, 0.6) is 0 Å². The van der Waals surface area contributed by atoms with Gasteiger partial charge in [-0.15, -0.1) is 0 Å². The summed E-state index contributed by atoms with van der Waals surface area (Å²) < 4.78 is 6.56. The van der Waals surface area contributed by atoms with Crippen molar-refractivity contribution in [2.75, 3.05) is 13.2 Å². The molecule has 4 fully saturated rings. The zero-order valence-electron chi connectivity index (χ0n) is 23.2. The molecule has 5 aliphatic rings. The van der Waals surface area contributed by atoms with Crippen molar-refractivity contribution in [3.05, 3.63) is 23.3 Å². The first-order chi connectivity index (χ1) is 17.1. The summed E-state index contributed by atoms with van der Waals surface area (Å²) in [4.78, 5) is 14.3. The second-order valence-corrected chi connectivity index (χ2v) is 14.3. The molecule has 1 aliphatic heterocycles. The predicted octanol–water partition coefficient (Wildman–Crippen LogP) is 2.53. The molecule has 208 valence electrons.